The van der Waals surface area contributed by atoms with Crippen LogP contribution in [0.2, 0.25) is 0 Å². The summed E-state index contributed by atoms with van der Waals surface area (Å²) in [5.74, 6) is 2.75. The van der Waals surface area contributed by atoms with Gasteiger partial charge in [0.05, 0.1) is 6.10 Å². The van der Waals surface area contributed by atoms with Crippen molar-refractivity contribution in [2.24, 2.45) is 5.92 Å². The van der Waals surface area contributed by atoms with Crippen molar-refractivity contribution in [3.8, 4) is 6.01 Å². The number of anilines is 2. The Bertz CT molecular complexity index is 402. The molecule has 0 aliphatic rings. The highest BCUT2D eigenvalue weighted by molar-refractivity contribution is 7.98. The van der Waals surface area contributed by atoms with Crippen molar-refractivity contribution in [1.29, 1.82) is 0 Å². The smallest absolute Gasteiger partial charge is 0.323 e. The predicted octanol–water partition coefficient (Wildman–Crippen LogP) is 2.50. The van der Waals surface area contributed by atoms with Crippen molar-refractivity contribution in [2.45, 2.75) is 33.8 Å². The molecule has 0 spiro atoms. The Morgan fingerprint density at radius 1 is 1.10 bits per heavy atom. The van der Waals surface area contributed by atoms with Gasteiger partial charge in [-0.3, -0.25) is 0 Å². The molecule has 1 aromatic rings. The van der Waals surface area contributed by atoms with Crippen LogP contribution >= 0.6 is 11.8 Å². The van der Waals surface area contributed by atoms with Crippen LogP contribution in [0.15, 0.2) is 0 Å². The van der Waals surface area contributed by atoms with E-state index in [0.717, 1.165) is 18.8 Å². The van der Waals surface area contributed by atoms with Gasteiger partial charge in [0.2, 0.25) is 11.9 Å². The standard InChI is InChI=1S/C13H25N5OS/c1-6-14-11-16-12(15-7-10(4)8-20-5)18-13(17-11)19-9(2)3/h9-10H,6-8H2,1-5H3,(H2,14,15,16,17,18). The van der Waals surface area contributed by atoms with Gasteiger partial charge in [-0.2, -0.15) is 26.7 Å². The van der Waals surface area contributed by atoms with Gasteiger partial charge in [0.25, 0.3) is 0 Å². The van der Waals surface area contributed by atoms with E-state index < -0.39 is 0 Å². The van der Waals surface area contributed by atoms with Crippen molar-refractivity contribution in [2.75, 3.05) is 35.7 Å². The molecule has 0 amide bonds. The third-order valence-electron chi connectivity index (χ3n) is 2.35. The van der Waals surface area contributed by atoms with Gasteiger partial charge >= 0.3 is 6.01 Å². The zero-order valence-electron chi connectivity index (χ0n) is 12.9. The predicted molar refractivity (Wildman–Crippen MR) is 85.8 cm³/mol. The zero-order chi connectivity index (χ0) is 15.0. The number of ether oxygens (including phenoxy) is 1. The molecule has 1 aromatic heterocycles. The Hall–Kier alpha value is -1.24. The molecule has 1 rings (SSSR count). The monoisotopic (exact) mass is 299 g/mol. The molecule has 0 aliphatic heterocycles. The molecule has 7 heteroatoms. The number of hydrogen-bond donors (Lipinski definition) is 2. The molecule has 0 saturated heterocycles. The van der Waals surface area contributed by atoms with Gasteiger partial charge < -0.3 is 15.4 Å². The van der Waals surface area contributed by atoms with Crippen molar-refractivity contribution >= 4 is 23.7 Å². The fraction of sp³-hybridized carbons (Fsp3) is 0.769. The number of nitrogens with one attached hydrogen (secondary N) is 2. The minimum Gasteiger partial charge on any atom is -0.461 e. The Kier molecular flexibility index (Phi) is 7.43. The third-order valence-corrected chi connectivity index (χ3v) is 3.25. The molecule has 0 aliphatic carbocycles. The number of thioether (sulfide) groups is 1. The molecule has 0 radical (unpaired) electrons. The van der Waals surface area contributed by atoms with Crippen LogP contribution in [0, 0.1) is 5.92 Å². The van der Waals surface area contributed by atoms with Gasteiger partial charge in [0, 0.05) is 13.1 Å². The van der Waals surface area contributed by atoms with Crippen LogP contribution in [0.4, 0.5) is 11.9 Å². The first kappa shape index (κ1) is 16.8. The first-order valence-corrected chi connectivity index (χ1v) is 8.33. The fourth-order valence-corrected chi connectivity index (χ4v) is 2.23. The minimum absolute atomic E-state index is 0.0372. The van der Waals surface area contributed by atoms with E-state index in [4.69, 9.17) is 4.74 Å². The van der Waals surface area contributed by atoms with E-state index in [9.17, 15) is 0 Å². The summed E-state index contributed by atoms with van der Waals surface area (Å²) < 4.78 is 5.55. The van der Waals surface area contributed by atoms with Gasteiger partial charge in [-0.25, -0.2) is 0 Å². The maximum absolute atomic E-state index is 5.55. The van der Waals surface area contributed by atoms with Crippen LogP contribution in [-0.4, -0.2) is 46.2 Å². The van der Waals surface area contributed by atoms with Crippen LogP contribution in [0.1, 0.15) is 27.7 Å². The Morgan fingerprint density at radius 2 is 1.75 bits per heavy atom. The first-order chi connectivity index (χ1) is 9.55. The van der Waals surface area contributed by atoms with Gasteiger partial charge in [-0.1, -0.05) is 6.92 Å². The molecule has 1 heterocycles. The van der Waals surface area contributed by atoms with Gasteiger partial charge in [0.1, 0.15) is 0 Å². The molecule has 0 aromatic carbocycles. The summed E-state index contributed by atoms with van der Waals surface area (Å²) >= 11 is 1.84. The molecule has 0 saturated carbocycles. The summed E-state index contributed by atoms with van der Waals surface area (Å²) in [6.45, 7) is 9.68. The van der Waals surface area contributed by atoms with E-state index >= 15 is 0 Å². The van der Waals surface area contributed by atoms with E-state index in [1.165, 1.54) is 0 Å². The lowest BCUT2D eigenvalue weighted by molar-refractivity contribution is 0.222. The Labute approximate surface area is 125 Å². The lowest BCUT2D eigenvalue weighted by Gasteiger charge is -2.13. The van der Waals surface area contributed by atoms with Crippen LogP contribution in [0.5, 0.6) is 6.01 Å². The van der Waals surface area contributed by atoms with Crippen molar-refractivity contribution < 1.29 is 4.74 Å². The molecule has 2 N–H and O–H groups in total. The van der Waals surface area contributed by atoms with Crippen LogP contribution in [0.25, 0.3) is 0 Å². The summed E-state index contributed by atoms with van der Waals surface area (Å²) in [6.07, 6.45) is 2.15. The highest BCUT2D eigenvalue weighted by atomic mass is 32.2. The average molecular weight is 299 g/mol. The van der Waals surface area contributed by atoms with Crippen LogP contribution in [0.3, 0.4) is 0 Å². The minimum atomic E-state index is 0.0372. The molecule has 114 valence electrons. The Morgan fingerprint density at radius 3 is 2.30 bits per heavy atom. The average Bonchev–Trinajstić information content (AvgIpc) is 2.36. The normalized spacial score (nSPS) is 12.3. The van der Waals surface area contributed by atoms with Crippen molar-refractivity contribution in [3.63, 3.8) is 0 Å². The lowest BCUT2D eigenvalue weighted by atomic mass is 10.2. The van der Waals surface area contributed by atoms with Crippen molar-refractivity contribution in [3.05, 3.63) is 0 Å². The van der Waals surface area contributed by atoms with E-state index in [2.05, 4.69) is 38.8 Å². The van der Waals surface area contributed by atoms with E-state index in [-0.39, 0.29) is 6.10 Å². The maximum atomic E-state index is 5.55. The molecular weight excluding hydrogens is 274 g/mol. The largest absolute Gasteiger partial charge is 0.461 e. The number of aromatic nitrogens is 3. The van der Waals surface area contributed by atoms with Gasteiger partial charge in [-0.15, -0.1) is 0 Å². The summed E-state index contributed by atoms with van der Waals surface area (Å²) in [5, 5.41) is 6.33. The van der Waals surface area contributed by atoms with Crippen LogP contribution < -0.4 is 15.4 Å². The van der Waals surface area contributed by atoms with Crippen LogP contribution in [-0.2, 0) is 0 Å². The summed E-state index contributed by atoms with van der Waals surface area (Å²) in [6, 6.07) is 0.353. The summed E-state index contributed by atoms with van der Waals surface area (Å²) in [7, 11) is 0. The summed E-state index contributed by atoms with van der Waals surface area (Å²) in [5.41, 5.74) is 0. The lowest BCUT2D eigenvalue weighted by Crippen LogP contribution is -2.17. The Balaban J connectivity index is 2.74. The molecule has 0 bridgehead atoms. The molecule has 20 heavy (non-hydrogen) atoms. The highest BCUT2D eigenvalue weighted by Crippen LogP contribution is 2.13. The zero-order valence-corrected chi connectivity index (χ0v) is 13.8. The van der Waals surface area contributed by atoms with E-state index in [0.29, 0.717) is 23.8 Å². The quantitative estimate of drug-likeness (QED) is 0.726. The second kappa shape index (κ2) is 8.84. The summed E-state index contributed by atoms with van der Waals surface area (Å²) in [4.78, 5) is 12.8. The second-order valence-corrected chi connectivity index (χ2v) is 5.81. The van der Waals surface area contributed by atoms with E-state index in [1.807, 2.05) is 32.5 Å². The fourth-order valence-electron chi connectivity index (χ4n) is 1.55. The molecule has 0 fully saturated rings. The topological polar surface area (TPSA) is 72.0 Å². The second-order valence-electron chi connectivity index (χ2n) is 4.90. The maximum Gasteiger partial charge on any atom is 0.323 e. The molecule has 1 atom stereocenters. The highest BCUT2D eigenvalue weighted by Gasteiger charge is 2.09. The number of hydrogen-bond acceptors (Lipinski definition) is 7. The van der Waals surface area contributed by atoms with Gasteiger partial charge in [-0.05, 0) is 38.7 Å². The van der Waals surface area contributed by atoms with Gasteiger partial charge in [0.15, 0.2) is 0 Å². The third kappa shape index (κ3) is 6.27. The number of nitrogens with zero attached hydrogens (tertiary/aromatic N) is 3. The molecule has 1 unspecified atom stereocenters. The van der Waals surface area contributed by atoms with E-state index in [1.54, 1.807) is 0 Å². The van der Waals surface area contributed by atoms with Crippen molar-refractivity contribution in [1.82, 2.24) is 15.0 Å². The molecule has 6 nitrogen and oxygen atoms in total. The molecular formula is C13H25N5OS. The SMILES string of the molecule is CCNc1nc(NCC(C)CSC)nc(OC(C)C)n1. The number of rotatable bonds is 9. The first-order valence-electron chi connectivity index (χ1n) is 6.94.